The maximum atomic E-state index is 12.7. The molecule has 0 atom stereocenters. The van der Waals surface area contributed by atoms with Gasteiger partial charge in [-0.2, -0.15) is 0 Å². The summed E-state index contributed by atoms with van der Waals surface area (Å²) in [6.45, 7) is 2.52. The van der Waals surface area contributed by atoms with Gasteiger partial charge in [0.05, 0.1) is 17.7 Å². The lowest BCUT2D eigenvalue weighted by Gasteiger charge is -2.29. The number of halogens is 1. The minimum atomic E-state index is -0.119. The maximum absolute atomic E-state index is 12.7. The van der Waals surface area contributed by atoms with Crippen molar-refractivity contribution in [1.82, 2.24) is 4.90 Å². The normalized spacial score (nSPS) is 17.6. The summed E-state index contributed by atoms with van der Waals surface area (Å²) in [6, 6.07) is 10.9. The number of Topliss-reactive ketones (excluding diaryl/α,β-unsaturated/α-hetero) is 1. The van der Waals surface area contributed by atoms with E-state index in [1.54, 1.807) is 31.4 Å². The Labute approximate surface area is 156 Å². The van der Waals surface area contributed by atoms with Gasteiger partial charge in [0.25, 0.3) is 0 Å². The Morgan fingerprint density at radius 3 is 2.81 bits per heavy atom. The van der Waals surface area contributed by atoms with Crippen LogP contribution in [0.4, 0.5) is 0 Å². The van der Waals surface area contributed by atoms with E-state index < -0.39 is 0 Å². The highest BCUT2D eigenvalue weighted by Gasteiger charge is 2.33. The molecule has 0 saturated carbocycles. The van der Waals surface area contributed by atoms with Gasteiger partial charge in [0, 0.05) is 25.2 Å². The van der Waals surface area contributed by atoms with Crippen LogP contribution in [-0.4, -0.2) is 37.7 Å². The van der Waals surface area contributed by atoms with Gasteiger partial charge in [-0.1, -0.05) is 23.7 Å². The molecule has 0 fully saturated rings. The first kappa shape index (κ1) is 17.1. The SMILES string of the molecule is COCCN1COc2ccc3c(c2C1)O/C(=C\c1ccc(Cl)cc1)C3=O. The zero-order valence-corrected chi connectivity index (χ0v) is 15.1. The number of benzene rings is 2. The molecule has 0 spiro atoms. The van der Waals surface area contributed by atoms with Crippen molar-refractivity contribution in [2.45, 2.75) is 6.54 Å². The summed E-state index contributed by atoms with van der Waals surface area (Å²) in [4.78, 5) is 14.8. The van der Waals surface area contributed by atoms with Gasteiger partial charge >= 0.3 is 0 Å². The minimum Gasteiger partial charge on any atom is -0.478 e. The van der Waals surface area contributed by atoms with Crippen LogP contribution < -0.4 is 9.47 Å². The van der Waals surface area contributed by atoms with Gasteiger partial charge in [0.1, 0.15) is 18.2 Å². The highest BCUT2D eigenvalue weighted by atomic mass is 35.5. The summed E-state index contributed by atoms with van der Waals surface area (Å²) in [5.74, 6) is 1.55. The quantitative estimate of drug-likeness (QED) is 0.766. The lowest BCUT2D eigenvalue weighted by Crippen LogP contribution is -2.34. The van der Waals surface area contributed by atoms with Crippen LogP contribution in [0, 0.1) is 0 Å². The van der Waals surface area contributed by atoms with E-state index in [9.17, 15) is 4.79 Å². The first-order valence-electron chi connectivity index (χ1n) is 8.35. The second-order valence-corrected chi connectivity index (χ2v) is 6.67. The fourth-order valence-electron chi connectivity index (χ4n) is 3.08. The average molecular weight is 372 g/mol. The Morgan fingerprint density at radius 2 is 2.04 bits per heavy atom. The molecule has 4 rings (SSSR count). The largest absolute Gasteiger partial charge is 0.478 e. The van der Waals surface area contributed by atoms with E-state index in [1.165, 1.54) is 0 Å². The van der Waals surface area contributed by atoms with Gasteiger partial charge < -0.3 is 14.2 Å². The summed E-state index contributed by atoms with van der Waals surface area (Å²) in [5.41, 5.74) is 2.33. The molecule has 2 aliphatic heterocycles. The van der Waals surface area contributed by atoms with Gasteiger partial charge in [0.15, 0.2) is 5.76 Å². The third kappa shape index (κ3) is 3.21. The van der Waals surface area contributed by atoms with E-state index in [-0.39, 0.29) is 5.78 Å². The Morgan fingerprint density at radius 1 is 1.23 bits per heavy atom. The van der Waals surface area contributed by atoms with Gasteiger partial charge in [-0.25, -0.2) is 0 Å². The number of nitrogens with zero attached hydrogens (tertiary/aromatic N) is 1. The zero-order valence-electron chi connectivity index (χ0n) is 14.3. The van der Waals surface area contributed by atoms with Crippen LogP contribution in [0.15, 0.2) is 42.2 Å². The highest BCUT2D eigenvalue weighted by molar-refractivity contribution is 6.30. The third-order valence-corrected chi connectivity index (χ3v) is 4.71. The first-order chi connectivity index (χ1) is 12.7. The molecule has 0 N–H and O–H groups in total. The summed E-state index contributed by atoms with van der Waals surface area (Å²) in [5, 5.41) is 0.650. The third-order valence-electron chi connectivity index (χ3n) is 4.46. The van der Waals surface area contributed by atoms with Crippen molar-refractivity contribution in [3.63, 3.8) is 0 Å². The predicted molar refractivity (Wildman–Crippen MR) is 98.6 cm³/mol. The molecule has 2 aliphatic rings. The van der Waals surface area contributed by atoms with E-state index >= 15 is 0 Å². The Hall–Kier alpha value is -2.34. The van der Waals surface area contributed by atoms with Crippen LogP contribution in [-0.2, 0) is 11.3 Å². The van der Waals surface area contributed by atoms with E-state index in [1.807, 2.05) is 18.2 Å². The standard InChI is InChI=1S/C20H18ClNO4/c1-24-9-8-22-11-16-17(25-12-22)7-6-15-19(23)18(26-20(15)16)10-13-2-4-14(21)5-3-13/h2-7,10H,8-9,11-12H2,1H3/b18-10-. The van der Waals surface area contributed by atoms with Gasteiger partial charge in [-0.05, 0) is 35.9 Å². The highest BCUT2D eigenvalue weighted by Crippen LogP contribution is 2.41. The van der Waals surface area contributed by atoms with Crippen LogP contribution >= 0.6 is 11.6 Å². The molecular weight excluding hydrogens is 354 g/mol. The van der Waals surface area contributed by atoms with Gasteiger partial charge in [0.2, 0.25) is 5.78 Å². The van der Waals surface area contributed by atoms with E-state index in [0.29, 0.717) is 42.0 Å². The topological polar surface area (TPSA) is 48.0 Å². The maximum Gasteiger partial charge on any atom is 0.231 e. The molecule has 0 radical (unpaired) electrons. The van der Waals surface area contributed by atoms with Crippen molar-refractivity contribution in [2.75, 3.05) is 27.0 Å². The zero-order chi connectivity index (χ0) is 18.1. The number of ketones is 1. The van der Waals surface area contributed by atoms with Crippen LogP contribution in [0.2, 0.25) is 5.02 Å². The average Bonchev–Trinajstić information content (AvgIpc) is 2.98. The number of carbonyl (C=O) groups is 1. The Balaban J connectivity index is 1.63. The van der Waals surface area contributed by atoms with Crippen molar-refractivity contribution in [1.29, 1.82) is 0 Å². The lowest BCUT2D eigenvalue weighted by molar-refractivity contribution is 0.0646. The van der Waals surface area contributed by atoms with E-state index in [2.05, 4.69) is 4.90 Å². The first-order valence-corrected chi connectivity index (χ1v) is 8.73. The van der Waals surface area contributed by atoms with Crippen molar-refractivity contribution in [2.24, 2.45) is 0 Å². The number of hydrogen-bond donors (Lipinski definition) is 0. The fourth-order valence-corrected chi connectivity index (χ4v) is 3.20. The van der Waals surface area contributed by atoms with Gasteiger partial charge in [-0.15, -0.1) is 0 Å². The van der Waals surface area contributed by atoms with Crippen LogP contribution in [0.5, 0.6) is 11.5 Å². The number of ether oxygens (including phenoxy) is 3. The van der Waals surface area contributed by atoms with Crippen molar-refractivity contribution in [3.05, 3.63) is 63.9 Å². The predicted octanol–water partition coefficient (Wildman–Crippen LogP) is 3.75. The second kappa shape index (κ2) is 7.11. The molecular formula is C20H18ClNO4. The van der Waals surface area contributed by atoms with Crippen molar-refractivity contribution < 1.29 is 19.0 Å². The lowest BCUT2D eigenvalue weighted by atomic mass is 10.0. The van der Waals surface area contributed by atoms with E-state index in [4.69, 9.17) is 25.8 Å². The molecule has 0 aliphatic carbocycles. The van der Waals surface area contributed by atoms with Crippen molar-refractivity contribution >= 4 is 23.5 Å². The second-order valence-electron chi connectivity index (χ2n) is 6.23. The number of hydrogen-bond acceptors (Lipinski definition) is 5. The molecule has 134 valence electrons. The summed E-state index contributed by atoms with van der Waals surface area (Å²) in [6.07, 6.45) is 1.73. The number of fused-ring (bicyclic) bond motifs is 3. The number of methoxy groups -OCH3 is 1. The Bertz CT molecular complexity index is 876. The van der Waals surface area contributed by atoms with Gasteiger partial charge in [-0.3, -0.25) is 9.69 Å². The molecule has 6 heteroatoms. The van der Waals surface area contributed by atoms with Crippen molar-refractivity contribution in [3.8, 4) is 11.5 Å². The summed E-state index contributed by atoms with van der Waals surface area (Å²) in [7, 11) is 1.67. The minimum absolute atomic E-state index is 0.119. The molecule has 2 aromatic carbocycles. The molecule has 2 heterocycles. The molecule has 0 bridgehead atoms. The smallest absolute Gasteiger partial charge is 0.231 e. The molecule has 2 aromatic rings. The molecule has 0 aromatic heterocycles. The van der Waals surface area contributed by atoms with Crippen LogP contribution in [0.3, 0.4) is 0 Å². The van der Waals surface area contributed by atoms with Crippen LogP contribution in [0.25, 0.3) is 6.08 Å². The molecule has 0 amide bonds. The Kier molecular flexibility index (Phi) is 4.68. The number of carbonyl (C=O) groups excluding carboxylic acids is 1. The monoisotopic (exact) mass is 371 g/mol. The summed E-state index contributed by atoms with van der Waals surface area (Å²) >= 11 is 5.91. The number of rotatable bonds is 4. The number of allylic oxidation sites excluding steroid dienone is 1. The fraction of sp³-hybridized carbons (Fsp3) is 0.250. The van der Waals surface area contributed by atoms with E-state index in [0.717, 1.165) is 23.4 Å². The summed E-state index contributed by atoms with van der Waals surface area (Å²) < 4.78 is 16.9. The molecule has 0 saturated heterocycles. The molecule has 26 heavy (non-hydrogen) atoms. The van der Waals surface area contributed by atoms with Crippen LogP contribution in [0.1, 0.15) is 21.5 Å². The molecule has 5 nitrogen and oxygen atoms in total. The molecule has 0 unspecified atom stereocenters.